The number of nitrogens with zero attached hydrogens (tertiary/aromatic N) is 3. The minimum absolute atomic E-state index is 0.183. The molecule has 0 aliphatic heterocycles. The molecule has 0 fully saturated rings. The molecular weight excluding hydrogens is 296 g/mol. The number of rotatable bonds is 7. The molecule has 0 aliphatic rings. The zero-order valence-corrected chi connectivity index (χ0v) is 14.1. The fourth-order valence-electron chi connectivity index (χ4n) is 2.25. The molecule has 0 saturated heterocycles. The second-order valence-corrected chi connectivity index (χ2v) is 6.14. The number of hydrazone groups is 1. The molecule has 2 aromatic heterocycles. The molecule has 0 spiro atoms. The lowest BCUT2D eigenvalue weighted by molar-refractivity contribution is 0.0959. The summed E-state index contributed by atoms with van der Waals surface area (Å²) in [6.07, 6.45) is 5.21. The van der Waals surface area contributed by atoms with Crippen LogP contribution in [-0.2, 0) is 6.54 Å². The molecule has 1 N–H and O–H groups in total. The molecule has 2 heterocycles. The predicted octanol–water partition coefficient (Wildman–Crippen LogP) is 3.52. The zero-order chi connectivity index (χ0) is 15.9. The van der Waals surface area contributed by atoms with Crippen molar-refractivity contribution >= 4 is 23.5 Å². The van der Waals surface area contributed by atoms with Crippen LogP contribution < -0.4 is 5.43 Å². The van der Waals surface area contributed by atoms with E-state index in [9.17, 15) is 4.79 Å². The molecule has 0 bridgehead atoms. The summed E-state index contributed by atoms with van der Waals surface area (Å²) in [6, 6.07) is 3.62. The van der Waals surface area contributed by atoms with Gasteiger partial charge < -0.3 is 0 Å². The number of carbonyl (C=O) groups excluding carboxylic acids is 1. The van der Waals surface area contributed by atoms with E-state index in [2.05, 4.69) is 22.5 Å². The fraction of sp³-hybridized carbons (Fsp3) is 0.438. The van der Waals surface area contributed by atoms with Gasteiger partial charge in [0.15, 0.2) is 0 Å². The lowest BCUT2D eigenvalue weighted by Gasteiger charge is -2.03. The van der Waals surface area contributed by atoms with Crippen LogP contribution in [0.5, 0.6) is 0 Å². The summed E-state index contributed by atoms with van der Waals surface area (Å²) in [5.41, 5.74) is 5.55. The summed E-state index contributed by atoms with van der Waals surface area (Å²) in [7, 11) is 0. The smallest absolute Gasteiger partial charge is 0.269 e. The molecule has 0 aliphatic carbocycles. The van der Waals surface area contributed by atoms with Gasteiger partial charge in [-0.15, -0.1) is 11.3 Å². The van der Waals surface area contributed by atoms with Gasteiger partial charge in [0.2, 0.25) is 0 Å². The van der Waals surface area contributed by atoms with Gasteiger partial charge in [0.05, 0.1) is 16.8 Å². The van der Waals surface area contributed by atoms with E-state index >= 15 is 0 Å². The Morgan fingerprint density at radius 1 is 1.45 bits per heavy atom. The number of unbranched alkanes of at least 4 members (excludes halogenated alkanes) is 2. The number of carbonyl (C=O) groups is 1. The first-order valence-electron chi connectivity index (χ1n) is 7.54. The van der Waals surface area contributed by atoms with Gasteiger partial charge in [0.1, 0.15) is 0 Å². The number of aryl methyl sites for hydroxylation is 2. The second-order valence-electron chi connectivity index (χ2n) is 5.19. The van der Waals surface area contributed by atoms with Gasteiger partial charge in [-0.05, 0) is 31.7 Å². The van der Waals surface area contributed by atoms with Crippen LogP contribution in [0.4, 0.5) is 0 Å². The van der Waals surface area contributed by atoms with Gasteiger partial charge in [0, 0.05) is 17.8 Å². The highest BCUT2D eigenvalue weighted by atomic mass is 32.1. The number of nitrogens with one attached hydrogen (secondary N) is 1. The largest absolute Gasteiger partial charge is 0.281 e. The van der Waals surface area contributed by atoms with Crippen molar-refractivity contribution in [3.05, 3.63) is 39.3 Å². The second kappa shape index (κ2) is 7.89. The van der Waals surface area contributed by atoms with Crippen molar-refractivity contribution in [1.29, 1.82) is 0 Å². The number of aromatic nitrogens is 2. The molecule has 0 radical (unpaired) electrons. The number of amides is 1. The molecule has 1 amide bonds. The average Bonchev–Trinajstić information content (AvgIpc) is 3.11. The van der Waals surface area contributed by atoms with Crippen molar-refractivity contribution in [1.82, 2.24) is 15.2 Å². The first kappa shape index (κ1) is 16.4. The maximum absolute atomic E-state index is 11.8. The Labute approximate surface area is 135 Å². The molecule has 0 unspecified atom stereocenters. The van der Waals surface area contributed by atoms with Gasteiger partial charge in [-0.1, -0.05) is 25.8 Å². The summed E-state index contributed by atoms with van der Waals surface area (Å²) < 4.78 is 2.02. The highest BCUT2D eigenvalue weighted by Crippen LogP contribution is 2.12. The van der Waals surface area contributed by atoms with E-state index in [1.807, 2.05) is 30.0 Å². The van der Waals surface area contributed by atoms with Gasteiger partial charge in [0.25, 0.3) is 5.91 Å². The third-order valence-corrected chi connectivity index (χ3v) is 4.38. The maximum atomic E-state index is 11.8. The summed E-state index contributed by atoms with van der Waals surface area (Å²) >= 11 is 1.40. The van der Waals surface area contributed by atoms with Crippen molar-refractivity contribution in [2.24, 2.45) is 5.10 Å². The van der Waals surface area contributed by atoms with Crippen molar-refractivity contribution in [3.63, 3.8) is 0 Å². The van der Waals surface area contributed by atoms with Crippen LogP contribution in [0.15, 0.2) is 22.6 Å². The summed E-state index contributed by atoms with van der Waals surface area (Å²) in [5, 5.41) is 10.5. The molecule has 5 nitrogen and oxygen atoms in total. The summed E-state index contributed by atoms with van der Waals surface area (Å²) in [4.78, 5) is 12.5. The standard InChI is InChI=1S/C16H22N4OS/c1-4-5-6-9-20-13(3)14(12(2)19-20)11-17-18-16(21)15-8-7-10-22-15/h7-8,10-11H,4-6,9H2,1-3H3,(H,18,21). The average molecular weight is 318 g/mol. The molecule has 2 aromatic rings. The van der Waals surface area contributed by atoms with Crippen LogP contribution in [0.25, 0.3) is 0 Å². The Bertz CT molecular complexity index is 643. The van der Waals surface area contributed by atoms with Gasteiger partial charge >= 0.3 is 0 Å². The van der Waals surface area contributed by atoms with Crippen LogP contribution in [0, 0.1) is 13.8 Å². The number of hydrogen-bond donors (Lipinski definition) is 1. The first-order chi connectivity index (χ1) is 10.6. The Morgan fingerprint density at radius 3 is 2.95 bits per heavy atom. The Balaban J connectivity index is 2.00. The molecule has 0 atom stereocenters. The highest BCUT2D eigenvalue weighted by Gasteiger charge is 2.10. The van der Waals surface area contributed by atoms with Crippen molar-refractivity contribution < 1.29 is 4.79 Å². The van der Waals surface area contributed by atoms with E-state index in [-0.39, 0.29) is 5.91 Å². The fourth-order valence-corrected chi connectivity index (χ4v) is 2.86. The monoisotopic (exact) mass is 318 g/mol. The van der Waals surface area contributed by atoms with Crippen LogP contribution in [-0.4, -0.2) is 21.9 Å². The molecule has 6 heteroatoms. The third-order valence-electron chi connectivity index (χ3n) is 3.52. The van der Waals surface area contributed by atoms with Crippen LogP contribution in [0.1, 0.15) is 52.8 Å². The topological polar surface area (TPSA) is 59.3 Å². The maximum Gasteiger partial charge on any atom is 0.281 e. The molecule has 22 heavy (non-hydrogen) atoms. The predicted molar refractivity (Wildman–Crippen MR) is 90.6 cm³/mol. The zero-order valence-electron chi connectivity index (χ0n) is 13.3. The van der Waals surface area contributed by atoms with Gasteiger partial charge in [-0.25, -0.2) is 5.43 Å². The van der Waals surface area contributed by atoms with Gasteiger partial charge in [-0.2, -0.15) is 10.2 Å². The quantitative estimate of drug-likeness (QED) is 0.482. The Hall–Kier alpha value is -1.95. The van der Waals surface area contributed by atoms with Crippen LogP contribution in [0.3, 0.4) is 0 Å². The van der Waals surface area contributed by atoms with E-state index in [0.717, 1.165) is 29.9 Å². The highest BCUT2D eigenvalue weighted by molar-refractivity contribution is 7.12. The van der Waals surface area contributed by atoms with Crippen molar-refractivity contribution in [2.75, 3.05) is 0 Å². The van der Waals surface area contributed by atoms with Gasteiger partial charge in [-0.3, -0.25) is 9.48 Å². The minimum Gasteiger partial charge on any atom is -0.269 e. The van der Waals surface area contributed by atoms with E-state index < -0.39 is 0 Å². The van der Waals surface area contributed by atoms with Crippen molar-refractivity contribution in [2.45, 2.75) is 46.6 Å². The SMILES string of the molecule is CCCCCn1nc(C)c(C=NNC(=O)c2cccs2)c1C. The Morgan fingerprint density at radius 2 is 2.27 bits per heavy atom. The number of thiophene rings is 1. The molecule has 0 aromatic carbocycles. The minimum atomic E-state index is -0.183. The van der Waals surface area contributed by atoms with Crippen LogP contribution >= 0.6 is 11.3 Å². The van der Waals surface area contributed by atoms with E-state index in [0.29, 0.717) is 4.88 Å². The molecule has 0 saturated carbocycles. The lowest BCUT2D eigenvalue weighted by atomic mass is 10.2. The van der Waals surface area contributed by atoms with E-state index in [1.165, 1.54) is 24.2 Å². The first-order valence-corrected chi connectivity index (χ1v) is 8.42. The summed E-state index contributed by atoms with van der Waals surface area (Å²) in [5.74, 6) is -0.183. The third kappa shape index (κ3) is 4.04. The van der Waals surface area contributed by atoms with E-state index in [1.54, 1.807) is 12.3 Å². The molecular formula is C16H22N4OS. The van der Waals surface area contributed by atoms with E-state index in [4.69, 9.17) is 0 Å². The number of hydrogen-bond acceptors (Lipinski definition) is 4. The molecule has 118 valence electrons. The summed E-state index contributed by atoms with van der Waals surface area (Å²) in [6.45, 7) is 7.12. The molecule has 2 rings (SSSR count). The lowest BCUT2D eigenvalue weighted by Crippen LogP contribution is -2.16. The van der Waals surface area contributed by atoms with Crippen molar-refractivity contribution in [3.8, 4) is 0 Å². The normalized spacial score (nSPS) is 11.2. The Kier molecular flexibility index (Phi) is 5.89. The van der Waals surface area contributed by atoms with Crippen LogP contribution in [0.2, 0.25) is 0 Å².